The van der Waals surface area contributed by atoms with E-state index < -0.39 is 15.6 Å². The van der Waals surface area contributed by atoms with Crippen LogP contribution in [0.4, 0.5) is 11.6 Å². The van der Waals surface area contributed by atoms with Crippen LogP contribution in [0, 0.1) is 18.3 Å². The molecule has 1 fully saturated rings. The second kappa shape index (κ2) is 7.51. The Kier molecular flexibility index (Phi) is 5.00. The van der Waals surface area contributed by atoms with Crippen molar-refractivity contribution in [1.82, 2.24) is 29.2 Å². The first-order valence-electron chi connectivity index (χ1n) is 9.27. The van der Waals surface area contributed by atoms with E-state index in [1.807, 2.05) is 6.92 Å². The molecule has 0 aliphatic carbocycles. The number of nitrogens with zero attached hydrogens (tertiary/aromatic N) is 7. The Labute approximate surface area is 173 Å². The van der Waals surface area contributed by atoms with Gasteiger partial charge in [0.1, 0.15) is 17.5 Å². The summed E-state index contributed by atoms with van der Waals surface area (Å²) in [6, 6.07) is 2.16. The van der Waals surface area contributed by atoms with E-state index in [0.717, 1.165) is 11.1 Å². The first-order valence-corrected chi connectivity index (χ1v) is 10.9. The van der Waals surface area contributed by atoms with Crippen molar-refractivity contribution < 1.29 is 12.9 Å². The van der Waals surface area contributed by atoms with Crippen molar-refractivity contribution in [2.24, 2.45) is 0 Å². The Hall–Kier alpha value is -3.30. The maximum Gasteiger partial charge on any atom is 0.227 e. The van der Waals surface area contributed by atoms with E-state index in [1.54, 1.807) is 30.2 Å². The Morgan fingerprint density at radius 3 is 2.80 bits per heavy atom. The van der Waals surface area contributed by atoms with Gasteiger partial charge in [0.05, 0.1) is 36.3 Å². The molecule has 11 nitrogen and oxygen atoms in total. The summed E-state index contributed by atoms with van der Waals surface area (Å²) in [7, 11) is -3.30. The molecule has 3 aromatic heterocycles. The molecule has 1 saturated heterocycles. The van der Waals surface area contributed by atoms with Gasteiger partial charge in [0.15, 0.2) is 0 Å². The number of nitriles is 1. The Balaban J connectivity index is 1.61. The number of sulfonamides is 1. The smallest absolute Gasteiger partial charge is 0.227 e. The number of hydrogen-bond donors (Lipinski definition) is 1. The van der Waals surface area contributed by atoms with Crippen molar-refractivity contribution in [1.29, 1.82) is 5.26 Å². The molecule has 0 atom stereocenters. The molecule has 0 unspecified atom stereocenters. The number of nitrogens with one attached hydrogen (secondary N) is 1. The summed E-state index contributed by atoms with van der Waals surface area (Å²) in [6.07, 6.45) is 8.27. The average Bonchev–Trinajstić information content (AvgIpc) is 3.38. The minimum atomic E-state index is -3.30. The van der Waals surface area contributed by atoms with E-state index in [4.69, 9.17) is 4.52 Å². The van der Waals surface area contributed by atoms with E-state index in [-0.39, 0.29) is 25.3 Å². The van der Waals surface area contributed by atoms with Gasteiger partial charge >= 0.3 is 0 Å². The standard InChI is InChI=1S/C18H20N8O3S/c1-3-30(27,28)25-11-18(12-25,4-5-19)26-9-14(7-21-26)16-13(2)6-20-17(24-16)23-15-8-22-29-10-15/h6-10H,3-4,11-12H2,1-2H3,(H,20,23,24). The molecule has 4 heterocycles. The summed E-state index contributed by atoms with van der Waals surface area (Å²) in [5.41, 5.74) is 2.22. The van der Waals surface area contributed by atoms with E-state index in [0.29, 0.717) is 17.3 Å². The molecule has 30 heavy (non-hydrogen) atoms. The van der Waals surface area contributed by atoms with E-state index in [2.05, 4.69) is 31.6 Å². The number of hydrogen-bond acceptors (Lipinski definition) is 9. The highest BCUT2D eigenvalue weighted by Gasteiger charge is 2.49. The van der Waals surface area contributed by atoms with Gasteiger partial charge in [-0.25, -0.2) is 18.4 Å². The summed E-state index contributed by atoms with van der Waals surface area (Å²) in [6.45, 7) is 3.94. The van der Waals surface area contributed by atoms with Gasteiger partial charge in [0, 0.05) is 31.0 Å². The summed E-state index contributed by atoms with van der Waals surface area (Å²) in [5.74, 6) is 0.407. The van der Waals surface area contributed by atoms with Crippen LogP contribution in [0.15, 0.2) is 35.6 Å². The van der Waals surface area contributed by atoms with E-state index in [9.17, 15) is 13.7 Å². The maximum atomic E-state index is 12.1. The molecule has 1 aliphatic heterocycles. The van der Waals surface area contributed by atoms with Gasteiger partial charge in [0.25, 0.3) is 0 Å². The number of anilines is 2. The zero-order valence-electron chi connectivity index (χ0n) is 16.5. The second-order valence-electron chi connectivity index (χ2n) is 7.16. The predicted octanol–water partition coefficient (Wildman–Crippen LogP) is 1.65. The van der Waals surface area contributed by atoms with Crippen LogP contribution in [-0.4, -0.2) is 56.5 Å². The van der Waals surface area contributed by atoms with Crippen molar-refractivity contribution in [2.45, 2.75) is 25.8 Å². The largest absolute Gasteiger partial charge is 0.363 e. The maximum absolute atomic E-state index is 12.1. The van der Waals surface area contributed by atoms with Gasteiger partial charge in [-0.1, -0.05) is 5.16 Å². The molecule has 12 heteroatoms. The quantitative estimate of drug-likeness (QED) is 0.594. The van der Waals surface area contributed by atoms with Crippen LogP contribution in [0.3, 0.4) is 0 Å². The van der Waals surface area contributed by atoms with Crippen molar-refractivity contribution in [3.8, 4) is 17.3 Å². The molecular weight excluding hydrogens is 408 g/mol. The van der Waals surface area contributed by atoms with Crippen LogP contribution in [0.25, 0.3) is 11.3 Å². The first kappa shape index (κ1) is 20.0. The monoisotopic (exact) mass is 428 g/mol. The lowest BCUT2D eigenvalue weighted by molar-refractivity contribution is 0.0719. The zero-order chi connectivity index (χ0) is 21.4. The fourth-order valence-electron chi connectivity index (χ4n) is 3.37. The summed E-state index contributed by atoms with van der Waals surface area (Å²) in [5, 5.41) is 20.4. The lowest BCUT2D eigenvalue weighted by Gasteiger charge is -2.47. The van der Waals surface area contributed by atoms with Crippen molar-refractivity contribution in [3.05, 3.63) is 36.6 Å². The molecular formula is C18H20N8O3S. The third-order valence-electron chi connectivity index (χ3n) is 5.11. The molecule has 1 N–H and O–H groups in total. The third-order valence-corrected chi connectivity index (χ3v) is 6.88. The molecule has 0 amide bonds. The molecule has 0 bridgehead atoms. The van der Waals surface area contributed by atoms with Crippen LogP contribution < -0.4 is 5.32 Å². The highest BCUT2D eigenvalue weighted by Crippen LogP contribution is 2.35. The van der Waals surface area contributed by atoms with Gasteiger partial charge < -0.3 is 9.84 Å². The summed E-state index contributed by atoms with van der Waals surface area (Å²) < 4.78 is 32.1. The lowest BCUT2D eigenvalue weighted by Crippen LogP contribution is -2.64. The van der Waals surface area contributed by atoms with E-state index in [1.165, 1.54) is 16.8 Å². The van der Waals surface area contributed by atoms with Crippen molar-refractivity contribution >= 4 is 21.7 Å². The van der Waals surface area contributed by atoms with Crippen LogP contribution in [0.1, 0.15) is 18.9 Å². The summed E-state index contributed by atoms with van der Waals surface area (Å²) >= 11 is 0. The predicted molar refractivity (Wildman–Crippen MR) is 107 cm³/mol. The molecule has 4 rings (SSSR count). The zero-order valence-corrected chi connectivity index (χ0v) is 17.3. The van der Waals surface area contributed by atoms with Crippen LogP contribution >= 0.6 is 0 Å². The van der Waals surface area contributed by atoms with Crippen LogP contribution in [0.5, 0.6) is 0 Å². The lowest BCUT2D eigenvalue weighted by atomic mass is 9.89. The van der Waals surface area contributed by atoms with Crippen molar-refractivity contribution in [3.63, 3.8) is 0 Å². The van der Waals surface area contributed by atoms with Gasteiger partial charge in [-0.3, -0.25) is 4.68 Å². The second-order valence-corrected chi connectivity index (χ2v) is 9.42. The molecule has 156 valence electrons. The molecule has 0 saturated carbocycles. The van der Waals surface area contributed by atoms with Crippen molar-refractivity contribution in [2.75, 3.05) is 24.2 Å². The Morgan fingerprint density at radius 2 is 2.13 bits per heavy atom. The Morgan fingerprint density at radius 1 is 1.33 bits per heavy atom. The van der Waals surface area contributed by atoms with Gasteiger partial charge in [0.2, 0.25) is 16.0 Å². The van der Waals surface area contributed by atoms with Crippen LogP contribution in [-0.2, 0) is 15.6 Å². The number of aryl methyl sites for hydroxylation is 1. The fraction of sp³-hybridized carbons (Fsp3) is 0.389. The van der Waals surface area contributed by atoms with Crippen LogP contribution in [0.2, 0.25) is 0 Å². The molecule has 0 radical (unpaired) electrons. The van der Waals surface area contributed by atoms with E-state index >= 15 is 0 Å². The highest BCUT2D eigenvalue weighted by molar-refractivity contribution is 7.89. The minimum absolute atomic E-state index is 0.0298. The van der Waals surface area contributed by atoms with Gasteiger partial charge in [-0.15, -0.1) is 0 Å². The first-order chi connectivity index (χ1) is 14.4. The highest BCUT2D eigenvalue weighted by atomic mass is 32.2. The van der Waals surface area contributed by atoms with Gasteiger partial charge in [-0.05, 0) is 19.4 Å². The average molecular weight is 428 g/mol. The number of aromatic nitrogens is 5. The minimum Gasteiger partial charge on any atom is -0.363 e. The fourth-order valence-corrected chi connectivity index (χ4v) is 4.61. The third kappa shape index (κ3) is 3.53. The molecule has 0 aromatic carbocycles. The topological polar surface area (TPSA) is 143 Å². The molecule has 1 aliphatic rings. The normalized spacial score (nSPS) is 16.0. The molecule has 0 spiro atoms. The Bertz CT molecular complexity index is 1190. The molecule has 3 aromatic rings. The van der Waals surface area contributed by atoms with Gasteiger partial charge in [-0.2, -0.15) is 14.7 Å². The number of rotatable bonds is 7. The summed E-state index contributed by atoms with van der Waals surface area (Å²) in [4.78, 5) is 8.82. The SMILES string of the molecule is CCS(=O)(=O)N1CC(CC#N)(n2cc(-c3nc(Nc4cnoc4)ncc3C)cn2)C1.